The van der Waals surface area contributed by atoms with Crippen molar-refractivity contribution in [3.05, 3.63) is 29.3 Å². The molecular weight excluding hydrogens is 298 g/mol. The summed E-state index contributed by atoms with van der Waals surface area (Å²) in [6.07, 6.45) is 1.09. The number of imide groups is 1. The quantitative estimate of drug-likeness (QED) is 0.612. The van der Waals surface area contributed by atoms with E-state index in [9.17, 15) is 14.4 Å². The molecule has 0 aliphatic heterocycles. The maximum Gasteiger partial charge on any atom is 0.325 e. The third-order valence-electron chi connectivity index (χ3n) is 3.27. The van der Waals surface area contributed by atoms with Crippen LogP contribution in [-0.2, 0) is 9.59 Å². The van der Waals surface area contributed by atoms with Crippen molar-refractivity contribution in [2.45, 2.75) is 39.7 Å². The highest BCUT2D eigenvalue weighted by molar-refractivity contribution is 6.02. The molecule has 0 spiro atoms. The Balaban J connectivity index is 2.47. The van der Waals surface area contributed by atoms with Gasteiger partial charge in [-0.3, -0.25) is 20.2 Å². The number of hydrogen-bond donors (Lipinski definition) is 4. The number of rotatable bonds is 7. The summed E-state index contributed by atoms with van der Waals surface area (Å²) >= 11 is 0. The second kappa shape index (κ2) is 8.89. The Bertz CT molecular complexity index is 587. The lowest BCUT2D eigenvalue weighted by Crippen LogP contribution is -2.45. The van der Waals surface area contributed by atoms with Crippen LogP contribution in [0.25, 0.3) is 0 Å². The number of aryl methyl sites for hydroxylation is 2. The number of carbonyl (C=O) groups is 3. The Kier molecular flexibility index (Phi) is 7.21. The minimum Gasteiger partial charge on any atom is -0.480 e. The summed E-state index contributed by atoms with van der Waals surface area (Å²) < 4.78 is 0. The van der Waals surface area contributed by atoms with Crippen molar-refractivity contribution < 1.29 is 19.5 Å². The van der Waals surface area contributed by atoms with Crippen LogP contribution in [0.4, 0.5) is 10.5 Å². The van der Waals surface area contributed by atoms with Crippen LogP contribution < -0.4 is 16.0 Å². The van der Waals surface area contributed by atoms with Crippen LogP contribution in [0.15, 0.2) is 18.2 Å². The fraction of sp³-hybridized carbons (Fsp3) is 0.438. The molecule has 1 atom stereocenters. The summed E-state index contributed by atoms with van der Waals surface area (Å²) in [5.41, 5.74) is 2.58. The number of carbonyl (C=O) groups excluding carboxylic acids is 2. The van der Waals surface area contributed by atoms with Gasteiger partial charge in [0, 0.05) is 5.69 Å². The van der Waals surface area contributed by atoms with Gasteiger partial charge in [-0.2, -0.15) is 0 Å². The van der Waals surface area contributed by atoms with Crippen molar-refractivity contribution in [3.8, 4) is 0 Å². The molecule has 0 saturated heterocycles. The van der Waals surface area contributed by atoms with Gasteiger partial charge < -0.3 is 10.4 Å². The molecule has 1 rings (SSSR count). The molecule has 0 aromatic heterocycles. The van der Waals surface area contributed by atoms with E-state index < -0.39 is 23.9 Å². The molecule has 0 aliphatic rings. The van der Waals surface area contributed by atoms with Crippen molar-refractivity contribution in [3.63, 3.8) is 0 Å². The molecule has 0 saturated carbocycles. The molecule has 126 valence electrons. The van der Waals surface area contributed by atoms with Crippen LogP contribution in [0.3, 0.4) is 0 Å². The topological polar surface area (TPSA) is 108 Å². The number of urea groups is 1. The van der Waals surface area contributed by atoms with Gasteiger partial charge in [0.05, 0.1) is 6.54 Å². The fourth-order valence-corrected chi connectivity index (χ4v) is 2.10. The summed E-state index contributed by atoms with van der Waals surface area (Å²) in [7, 11) is 0. The highest BCUT2D eigenvalue weighted by Crippen LogP contribution is 2.15. The van der Waals surface area contributed by atoms with Gasteiger partial charge in [-0.15, -0.1) is 0 Å². The van der Waals surface area contributed by atoms with Crippen LogP contribution in [-0.4, -0.2) is 35.6 Å². The summed E-state index contributed by atoms with van der Waals surface area (Å²) in [6.45, 7) is 5.42. The average Bonchev–Trinajstić information content (AvgIpc) is 2.46. The van der Waals surface area contributed by atoms with Gasteiger partial charge in [0.1, 0.15) is 6.04 Å². The molecule has 0 heterocycles. The molecule has 0 fully saturated rings. The summed E-state index contributed by atoms with van der Waals surface area (Å²) in [5, 5.41) is 16.3. The number of carboxylic acid groups (broad SMARTS) is 1. The van der Waals surface area contributed by atoms with E-state index in [1.807, 2.05) is 32.9 Å². The zero-order valence-corrected chi connectivity index (χ0v) is 13.6. The van der Waals surface area contributed by atoms with Crippen LogP contribution in [0.1, 0.15) is 30.9 Å². The Labute approximate surface area is 135 Å². The Morgan fingerprint density at radius 3 is 2.48 bits per heavy atom. The summed E-state index contributed by atoms with van der Waals surface area (Å²) in [5.74, 6) is -1.60. The monoisotopic (exact) mass is 321 g/mol. The number of carboxylic acids is 1. The largest absolute Gasteiger partial charge is 0.480 e. The lowest BCUT2D eigenvalue weighted by Gasteiger charge is -2.13. The SMILES string of the molecule is CCCC(NCC(=O)NC(=O)Nc1ccc(C)cc1C)C(=O)O. The van der Waals surface area contributed by atoms with Crippen LogP contribution in [0.5, 0.6) is 0 Å². The first kappa shape index (κ1) is 18.6. The van der Waals surface area contributed by atoms with E-state index in [0.29, 0.717) is 18.5 Å². The van der Waals surface area contributed by atoms with E-state index in [-0.39, 0.29) is 6.54 Å². The number of hydrogen-bond acceptors (Lipinski definition) is 4. The van der Waals surface area contributed by atoms with E-state index >= 15 is 0 Å². The average molecular weight is 321 g/mol. The number of amides is 3. The second-order valence-electron chi connectivity index (χ2n) is 5.38. The molecule has 1 unspecified atom stereocenters. The molecule has 23 heavy (non-hydrogen) atoms. The third kappa shape index (κ3) is 6.48. The Morgan fingerprint density at radius 2 is 1.91 bits per heavy atom. The van der Waals surface area contributed by atoms with E-state index in [0.717, 1.165) is 11.1 Å². The molecule has 7 heteroatoms. The van der Waals surface area contributed by atoms with Gasteiger partial charge in [-0.25, -0.2) is 4.79 Å². The molecule has 0 bridgehead atoms. The molecule has 1 aromatic rings. The molecule has 1 aromatic carbocycles. The number of nitrogens with one attached hydrogen (secondary N) is 3. The predicted octanol–water partition coefficient (Wildman–Crippen LogP) is 1.79. The van der Waals surface area contributed by atoms with Crippen LogP contribution >= 0.6 is 0 Å². The van der Waals surface area contributed by atoms with Crippen molar-refractivity contribution >= 4 is 23.6 Å². The fourth-order valence-electron chi connectivity index (χ4n) is 2.10. The van der Waals surface area contributed by atoms with Crippen molar-refractivity contribution in [2.75, 3.05) is 11.9 Å². The van der Waals surface area contributed by atoms with E-state index in [4.69, 9.17) is 5.11 Å². The Hall–Kier alpha value is -2.41. The first-order valence-corrected chi connectivity index (χ1v) is 7.47. The summed E-state index contributed by atoms with van der Waals surface area (Å²) in [4.78, 5) is 34.4. The molecular formula is C16H23N3O4. The molecule has 4 N–H and O–H groups in total. The van der Waals surface area contributed by atoms with Gasteiger partial charge in [-0.05, 0) is 31.9 Å². The smallest absolute Gasteiger partial charge is 0.325 e. The highest BCUT2D eigenvalue weighted by atomic mass is 16.4. The van der Waals surface area contributed by atoms with Gasteiger partial charge in [0.25, 0.3) is 0 Å². The lowest BCUT2D eigenvalue weighted by molar-refractivity contribution is -0.139. The van der Waals surface area contributed by atoms with Gasteiger partial charge in [0.15, 0.2) is 0 Å². The molecule has 3 amide bonds. The second-order valence-corrected chi connectivity index (χ2v) is 5.38. The molecule has 0 radical (unpaired) electrons. The third-order valence-corrected chi connectivity index (χ3v) is 3.27. The Morgan fingerprint density at radius 1 is 1.22 bits per heavy atom. The number of anilines is 1. The maximum atomic E-state index is 11.8. The lowest BCUT2D eigenvalue weighted by atomic mass is 10.1. The van der Waals surface area contributed by atoms with Crippen molar-refractivity contribution in [1.82, 2.24) is 10.6 Å². The highest BCUT2D eigenvalue weighted by Gasteiger charge is 2.17. The van der Waals surface area contributed by atoms with E-state index in [1.54, 1.807) is 6.07 Å². The first-order valence-electron chi connectivity index (χ1n) is 7.47. The van der Waals surface area contributed by atoms with Gasteiger partial charge >= 0.3 is 12.0 Å². The standard InChI is InChI=1S/C16H23N3O4/c1-4-5-13(15(21)22)17-9-14(20)19-16(23)18-12-7-6-10(2)8-11(12)3/h6-8,13,17H,4-5,9H2,1-3H3,(H,21,22)(H2,18,19,20,23). The first-order chi connectivity index (χ1) is 10.8. The number of aliphatic carboxylic acids is 1. The van der Waals surface area contributed by atoms with Crippen molar-refractivity contribution in [2.24, 2.45) is 0 Å². The van der Waals surface area contributed by atoms with E-state index in [1.165, 1.54) is 0 Å². The van der Waals surface area contributed by atoms with Crippen LogP contribution in [0, 0.1) is 13.8 Å². The number of benzene rings is 1. The minimum atomic E-state index is -1.01. The molecule has 7 nitrogen and oxygen atoms in total. The zero-order chi connectivity index (χ0) is 17.4. The summed E-state index contributed by atoms with van der Waals surface area (Å²) in [6, 6.07) is 4.09. The normalized spacial score (nSPS) is 11.6. The maximum absolute atomic E-state index is 11.8. The van der Waals surface area contributed by atoms with Gasteiger partial charge in [0.2, 0.25) is 5.91 Å². The molecule has 0 aliphatic carbocycles. The predicted molar refractivity (Wildman–Crippen MR) is 87.4 cm³/mol. The minimum absolute atomic E-state index is 0.239. The van der Waals surface area contributed by atoms with E-state index in [2.05, 4.69) is 16.0 Å². The van der Waals surface area contributed by atoms with Crippen molar-refractivity contribution in [1.29, 1.82) is 0 Å². The van der Waals surface area contributed by atoms with Crippen LogP contribution in [0.2, 0.25) is 0 Å². The van der Waals surface area contributed by atoms with Gasteiger partial charge in [-0.1, -0.05) is 31.0 Å². The zero-order valence-electron chi connectivity index (χ0n) is 13.6.